The molecule has 2 unspecified atom stereocenters. The van der Waals surface area contributed by atoms with Gasteiger partial charge in [-0.1, -0.05) is 0 Å². The monoisotopic (exact) mass is 241 g/mol. The molecule has 0 aliphatic carbocycles. The van der Waals surface area contributed by atoms with Crippen LogP contribution in [0.5, 0.6) is 0 Å². The molecule has 1 aromatic rings. The van der Waals surface area contributed by atoms with Crippen molar-refractivity contribution in [1.82, 2.24) is 5.32 Å². The van der Waals surface area contributed by atoms with Crippen LogP contribution in [0.2, 0.25) is 0 Å². The summed E-state index contributed by atoms with van der Waals surface area (Å²) in [7, 11) is 1.74. The van der Waals surface area contributed by atoms with Crippen molar-refractivity contribution in [2.75, 3.05) is 13.7 Å². The summed E-state index contributed by atoms with van der Waals surface area (Å²) in [5.41, 5.74) is 0.677. The third-order valence-corrected chi connectivity index (χ3v) is 3.26. The quantitative estimate of drug-likeness (QED) is 0.878. The van der Waals surface area contributed by atoms with E-state index >= 15 is 0 Å². The normalized spacial score (nSPS) is 21.8. The lowest BCUT2D eigenvalue weighted by molar-refractivity contribution is 0.0795. The average Bonchev–Trinajstić information content (AvgIpc) is 2.80. The van der Waals surface area contributed by atoms with Gasteiger partial charge in [-0.2, -0.15) is 0 Å². The number of rotatable bonds is 3. The average molecular weight is 241 g/mol. The minimum absolute atomic E-state index is 0.0726. The number of ether oxygens (including phenoxy) is 1. The molecule has 2 nitrogen and oxygen atoms in total. The van der Waals surface area contributed by atoms with Crippen LogP contribution in [-0.4, -0.2) is 19.8 Å². The van der Waals surface area contributed by atoms with E-state index in [1.807, 2.05) is 0 Å². The summed E-state index contributed by atoms with van der Waals surface area (Å²) in [5.74, 6) is -0.751. The molecule has 1 aromatic carbocycles. The van der Waals surface area contributed by atoms with Gasteiger partial charge in [-0.3, -0.25) is 0 Å². The minimum Gasteiger partial charge on any atom is -0.376 e. The second kappa shape index (κ2) is 5.10. The molecule has 0 spiro atoms. The Morgan fingerprint density at radius 3 is 2.71 bits per heavy atom. The number of aryl methyl sites for hydroxylation is 1. The van der Waals surface area contributed by atoms with Gasteiger partial charge in [0.15, 0.2) is 0 Å². The highest BCUT2D eigenvalue weighted by molar-refractivity contribution is 5.28. The van der Waals surface area contributed by atoms with E-state index < -0.39 is 0 Å². The molecule has 0 aromatic heterocycles. The summed E-state index contributed by atoms with van der Waals surface area (Å²) >= 11 is 0. The van der Waals surface area contributed by atoms with Crippen molar-refractivity contribution in [3.8, 4) is 0 Å². The Bertz CT molecular complexity index is 403. The first kappa shape index (κ1) is 12.5. The first-order chi connectivity index (χ1) is 8.13. The molecule has 0 amide bonds. The molecule has 1 fully saturated rings. The second-order valence-electron chi connectivity index (χ2n) is 4.44. The third kappa shape index (κ3) is 2.48. The van der Waals surface area contributed by atoms with Crippen LogP contribution < -0.4 is 5.32 Å². The smallest absolute Gasteiger partial charge is 0.128 e. The van der Waals surface area contributed by atoms with Gasteiger partial charge >= 0.3 is 0 Å². The molecule has 0 saturated carbocycles. The summed E-state index contributed by atoms with van der Waals surface area (Å²) in [6.45, 7) is 2.25. The summed E-state index contributed by atoms with van der Waals surface area (Å²) in [4.78, 5) is 0. The highest BCUT2D eigenvalue weighted by atomic mass is 19.1. The van der Waals surface area contributed by atoms with Crippen molar-refractivity contribution >= 4 is 0 Å². The van der Waals surface area contributed by atoms with E-state index in [0.29, 0.717) is 17.7 Å². The largest absolute Gasteiger partial charge is 0.376 e. The summed E-state index contributed by atoms with van der Waals surface area (Å²) in [6, 6.07) is 2.23. The minimum atomic E-state index is -0.376. The van der Waals surface area contributed by atoms with Gasteiger partial charge in [0.05, 0.1) is 12.1 Å². The number of likely N-dealkylation sites (N-methyl/N-ethyl adjacent to an activating group) is 1. The number of hydrogen-bond donors (Lipinski definition) is 1. The Labute approximate surface area is 100.0 Å². The lowest BCUT2D eigenvalue weighted by Crippen LogP contribution is -2.30. The van der Waals surface area contributed by atoms with Crippen LogP contribution in [0.15, 0.2) is 12.1 Å². The number of benzene rings is 1. The van der Waals surface area contributed by atoms with Crippen LogP contribution >= 0.6 is 0 Å². The molecule has 4 heteroatoms. The summed E-state index contributed by atoms with van der Waals surface area (Å²) in [5, 5.41) is 3.02. The van der Waals surface area contributed by atoms with Gasteiger partial charge < -0.3 is 10.1 Å². The molecule has 2 atom stereocenters. The predicted molar refractivity (Wildman–Crippen MR) is 61.9 cm³/mol. The maximum atomic E-state index is 13.9. The van der Waals surface area contributed by atoms with Crippen LogP contribution in [0.25, 0.3) is 0 Å². The standard InChI is InChI=1S/C13H17F2NO/c1-8-6-11(15)9(7-10(8)14)13(16-2)12-4-3-5-17-12/h6-7,12-13,16H,3-5H2,1-2H3. The first-order valence-electron chi connectivity index (χ1n) is 5.88. The van der Waals surface area contributed by atoms with E-state index in [0.717, 1.165) is 12.8 Å². The summed E-state index contributed by atoms with van der Waals surface area (Å²) in [6.07, 6.45) is 1.77. The maximum absolute atomic E-state index is 13.9. The zero-order valence-electron chi connectivity index (χ0n) is 10.1. The highest BCUT2D eigenvalue weighted by Crippen LogP contribution is 2.29. The van der Waals surface area contributed by atoms with Crippen LogP contribution in [0.1, 0.15) is 30.0 Å². The van der Waals surface area contributed by atoms with E-state index in [9.17, 15) is 8.78 Å². The van der Waals surface area contributed by atoms with Gasteiger partial charge in [0, 0.05) is 12.2 Å². The van der Waals surface area contributed by atoms with E-state index in [4.69, 9.17) is 4.74 Å². The Hall–Kier alpha value is -1.00. The molecule has 1 aliphatic heterocycles. The lowest BCUT2D eigenvalue weighted by Gasteiger charge is -2.23. The molecule has 1 N–H and O–H groups in total. The van der Waals surface area contributed by atoms with E-state index in [-0.39, 0.29) is 23.8 Å². The Morgan fingerprint density at radius 1 is 1.35 bits per heavy atom. The van der Waals surface area contributed by atoms with Crippen LogP contribution in [0.4, 0.5) is 8.78 Å². The topological polar surface area (TPSA) is 21.3 Å². The molecule has 2 rings (SSSR count). The van der Waals surface area contributed by atoms with Crippen LogP contribution in [-0.2, 0) is 4.74 Å². The van der Waals surface area contributed by atoms with Gasteiger partial charge in [-0.05, 0) is 44.5 Å². The molecular weight excluding hydrogens is 224 g/mol. The Morgan fingerprint density at radius 2 is 2.12 bits per heavy atom. The van der Waals surface area contributed by atoms with Crippen molar-refractivity contribution in [3.05, 3.63) is 34.9 Å². The predicted octanol–water partition coefficient (Wildman–Crippen LogP) is 2.71. The van der Waals surface area contributed by atoms with Gasteiger partial charge in [0.1, 0.15) is 11.6 Å². The molecule has 1 saturated heterocycles. The SMILES string of the molecule is CNC(c1cc(F)c(C)cc1F)C1CCCO1. The van der Waals surface area contributed by atoms with Crippen molar-refractivity contribution in [2.24, 2.45) is 0 Å². The van der Waals surface area contributed by atoms with Gasteiger partial charge in [0.2, 0.25) is 0 Å². The van der Waals surface area contributed by atoms with Crippen molar-refractivity contribution in [3.63, 3.8) is 0 Å². The van der Waals surface area contributed by atoms with Crippen LogP contribution in [0, 0.1) is 18.6 Å². The molecule has 1 aliphatic rings. The second-order valence-corrected chi connectivity index (χ2v) is 4.44. The fourth-order valence-corrected chi connectivity index (χ4v) is 2.31. The van der Waals surface area contributed by atoms with Gasteiger partial charge in [-0.15, -0.1) is 0 Å². The fourth-order valence-electron chi connectivity index (χ4n) is 2.31. The number of hydrogen-bond acceptors (Lipinski definition) is 2. The van der Waals surface area contributed by atoms with Crippen molar-refractivity contribution < 1.29 is 13.5 Å². The zero-order chi connectivity index (χ0) is 12.4. The first-order valence-corrected chi connectivity index (χ1v) is 5.88. The number of halogens is 2. The lowest BCUT2D eigenvalue weighted by atomic mass is 9.97. The van der Waals surface area contributed by atoms with Gasteiger partial charge in [-0.25, -0.2) is 8.78 Å². The molecule has 1 heterocycles. The third-order valence-electron chi connectivity index (χ3n) is 3.26. The van der Waals surface area contributed by atoms with E-state index in [2.05, 4.69) is 5.32 Å². The molecule has 0 radical (unpaired) electrons. The van der Waals surface area contributed by atoms with Crippen molar-refractivity contribution in [1.29, 1.82) is 0 Å². The Kier molecular flexibility index (Phi) is 3.74. The number of nitrogens with one attached hydrogen (secondary N) is 1. The Balaban J connectivity index is 2.32. The van der Waals surface area contributed by atoms with E-state index in [1.54, 1.807) is 14.0 Å². The fraction of sp³-hybridized carbons (Fsp3) is 0.538. The highest BCUT2D eigenvalue weighted by Gasteiger charge is 2.28. The zero-order valence-corrected chi connectivity index (χ0v) is 10.1. The van der Waals surface area contributed by atoms with Crippen molar-refractivity contribution in [2.45, 2.75) is 31.9 Å². The summed E-state index contributed by atoms with van der Waals surface area (Å²) < 4.78 is 32.9. The van der Waals surface area contributed by atoms with Crippen LogP contribution in [0.3, 0.4) is 0 Å². The molecule has 0 bridgehead atoms. The van der Waals surface area contributed by atoms with E-state index in [1.165, 1.54) is 12.1 Å². The molecular formula is C13H17F2NO. The molecule has 17 heavy (non-hydrogen) atoms. The maximum Gasteiger partial charge on any atom is 0.128 e. The molecule has 94 valence electrons. The van der Waals surface area contributed by atoms with Gasteiger partial charge in [0.25, 0.3) is 0 Å².